The number of hydrogen-bond donors (Lipinski definition) is 0. The highest BCUT2D eigenvalue weighted by molar-refractivity contribution is 7.22. The molecule has 4 heteroatoms. The highest BCUT2D eigenvalue weighted by atomic mass is 32.1. The molecule has 0 bridgehead atoms. The van der Waals surface area contributed by atoms with Crippen LogP contribution in [0.4, 0.5) is 0 Å². The summed E-state index contributed by atoms with van der Waals surface area (Å²) in [6, 6.07) is 10.5. The minimum Gasteiger partial charge on any atom is -0.295 e. The van der Waals surface area contributed by atoms with E-state index >= 15 is 0 Å². The molecule has 3 heterocycles. The average Bonchev–Trinajstić information content (AvgIpc) is 2.92. The van der Waals surface area contributed by atoms with Gasteiger partial charge in [0.15, 0.2) is 0 Å². The molecule has 0 saturated carbocycles. The molecule has 3 aromatic rings. The van der Waals surface area contributed by atoms with Gasteiger partial charge in [0.1, 0.15) is 10.5 Å². The summed E-state index contributed by atoms with van der Waals surface area (Å²) < 4.78 is 2.65. The van der Waals surface area contributed by atoms with Crippen LogP contribution in [0.1, 0.15) is 24.2 Å². The minimum atomic E-state index is 0.137. The molecule has 0 aliphatic carbocycles. The van der Waals surface area contributed by atoms with E-state index in [4.69, 9.17) is 4.98 Å². The third-order valence-corrected chi connectivity index (χ3v) is 5.24. The van der Waals surface area contributed by atoms with Crippen LogP contribution in [0.2, 0.25) is 0 Å². The lowest BCUT2D eigenvalue weighted by Gasteiger charge is -2.16. The molecule has 21 heavy (non-hydrogen) atoms. The van der Waals surface area contributed by atoms with Crippen LogP contribution in [0.5, 0.6) is 0 Å². The van der Waals surface area contributed by atoms with Gasteiger partial charge in [-0.05, 0) is 31.4 Å². The zero-order chi connectivity index (χ0) is 14.4. The van der Waals surface area contributed by atoms with Gasteiger partial charge in [0, 0.05) is 17.8 Å². The Hall–Kier alpha value is -1.94. The van der Waals surface area contributed by atoms with E-state index in [2.05, 4.69) is 37.3 Å². The van der Waals surface area contributed by atoms with E-state index in [0.717, 1.165) is 52.3 Å². The van der Waals surface area contributed by atoms with Crippen LogP contribution in [0.3, 0.4) is 0 Å². The first-order chi connectivity index (χ1) is 10.2. The van der Waals surface area contributed by atoms with E-state index in [1.165, 1.54) is 5.56 Å². The lowest BCUT2D eigenvalue weighted by Crippen LogP contribution is -2.27. The summed E-state index contributed by atoms with van der Waals surface area (Å²) in [6.07, 6.45) is 3.13. The van der Waals surface area contributed by atoms with Crippen LogP contribution in [-0.2, 0) is 13.0 Å². The Kier molecular flexibility index (Phi) is 2.93. The highest BCUT2D eigenvalue weighted by Gasteiger charge is 2.17. The van der Waals surface area contributed by atoms with Crippen molar-refractivity contribution in [3.8, 4) is 10.4 Å². The average molecular weight is 296 g/mol. The van der Waals surface area contributed by atoms with Crippen molar-refractivity contribution in [3.05, 3.63) is 52.1 Å². The second-order valence-electron chi connectivity index (χ2n) is 5.63. The Balaban J connectivity index is 1.92. The van der Waals surface area contributed by atoms with Crippen LogP contribution in [-0.4, -0.2) is 9.55 Å². The van der Waals surface area contributed by atoms with Crippen molar-refractivity contribution in [2.45, 2.75) is 32.7 Å². The Bertz CT molecular complexity index is 874. The van der Waals surface area contributed by atoms with Gasteiger partial charge in [-0.2, -0.15) is 0 Å². The first-order valence-corrected chi connectivity index (χ1v) is 8.14. The second kappa shape index (κ2) is 4.81. The molecule has 0 N–H and O–H groups in total. The number of fused-ring (bicyclic) bond motifs is 2. The van der Waals surface area contributed by atoms with Crippen molar-refractivity contribution >= 4 is 21.6 Å². The molecular formula is C17H16N2OS. The maximum absolute atomic E-state index is 12.6. The van der Waals surface area contributed by atoms with Crippen molar-refractivity contribution in [1.29, 1.82) is 0 Å². The van der Waals surface area contributed by atoms with Gasteiger partial charge in [-0.3, -0.25) is 9.36 Å². The van der Waals surface area contributed by atoms with E-state index in [1.54, 1.807) is 11.3 Å². The second-order valence-corrected chi connectivity index (χ2v) is 6.69. The molecule has 2 aromatic heterocycles. The first-order valence-electron chi connectivity index (χ1n) is 7.33. The Morgan fingerprint density at radius 2 is 2.00 bits per heavy atom. The summed E-state index contributed by atoms with van der Waals surface area (Å²) in [4.78, 5) is 18.4. The van der Waals surface area contributed by atoms with Crippen molar-refractivity contribution in [3.63, 3.8) is 0 Å². The molecule has 4 rings (SSSR count). The quantitative estimate of drug-likeness (QED) is 0.685. The molecule has 0 amide bonds. The summed E-state index contributed by atoms with van der Waals surface area (Å²) in [5, 5.41) is 0. The van der Waals surface area contributed by atoms with Gasteiger partial charge < -0.3 is 0 Å². The summed E-state index contributed by atoms with van der Waals surface area (Å²) in [6.45, 7) is 2.89. The van der Waals surface area contributed by atoms with E-state index in [9.17, 15) is 4.79 Å². The number of aryl methyl sites for hydroxylation is 2. The molecule has 106 valence electrons. The lowest BCUT2D eigenvalue weighted by atomic mass is 10.1. The predicted octanol–water partition coefficient (Wildman–Crippen LogP) is 3.77. The zero-order valence-electron chi connectivity index (χ0n) is 11.9. The number of rotatable bonds is 1. The van der Waals surface area contributed by atoms with E-state index in [0.29, 0.717) is 0 Å². The van der Waals surface area contributed by atoms with Crippen molar-refractivity contribution in [2.75, 3.05) is 0 Å². The van der Waals surface area contributed by atoms with Crippen LogP contribution in [0, 0.1) is 6.92 Å². The fraction of sp³-hybridized carbons (Fsp3) is 0.294. The number of aromatic nitrogens is 2. The largest absolute Gasteiger partial charge is 0.295 e. The fourth-order valence-corrected chi connectivity index (χ4v) is 3.94. The Labute approximate surface area is 126 Å². The van der Waals surface area contributed by atoms with E-state index < -0.39 is 0 Å². The minimum absolute atomic E-state index is 0.137. The molecule has 0 saturated heterocycles. The van der Waals surface area contributed by atoms with Gasteiger partial charge in [-0.25, -0.2) is 4.98 Å². The Morgan fingerprint density at radius 3 is 2.81 bits per heavy atom. The van der Waals surface area contributed by atoms with Crippen LogP contribution >= 0.6 is 11.3 Å². The third-order valence-electron chi connectivity index (χ3n) is 4.08. The molecule has 1 aliphatic rings. The molecule has 3 nitrogen and oxygen atoms in total. The summed E-state index contributed by atoms with van der Waals surface area (Å²) in [7, 11) is 0. The number of hydrogen-bond acceptors (Lipinski definition) is 3. The van der Waals surface area contributed by atoms with Gasteiger partial charge in [-0.15, -0.1) is 11.3 Å². The fourth-order valence-electron chi connectivity index (χ4n) is 2.89. The molecule has 0 spiro atoms. The topological polar surface area (TPSA) is 34.9 Å². The summed E-state index contributed by atoms with van der Waals surface area (Å²) >= 11 is 1.56. The molecule has 0 unspecified atom stereocenters. The van der Waals surface area contributed by atoms with Gasteiger partial charge in [-0.1, -0.05) is 29.8 Å². The van der Waals surface area contributed by atoms with Crippen LogP contribution in [0.15, 0.2) is 35.1 Å². The number of nitrogens with zero attached hydrogens (tertiary/aromatic N) is 2. The molecule has 0 fully saturated rings. The van der Waals surface area contributed by atoms with Gasteiger partial charge in [0.25, 0.3) is 5.56 Å². The summed E-state index contributed by atoms with van der Waals surface area (Å²) in [5.41, 5.74) is 3.39. The highest BCUT2D eigenvalue weighted by Crippen LogP contribution is 2.31. The molecule has 0 radical (unpaired) electrons. The maximum Gasteiger partial charge on any atom is 0.271 e. The van der Waals surface area contributed by atoms with Crippen molar-refractivity contribution in [1.82, 2.24) is 9.55 Å². The molecule has 0 atom stereocenters. The maximum atomic E-state index is 12.6. The number of benzene rings is 1. The monoisotopic (exact) mass is 296 g/mol. The first kappa shape index (κ1) is 12.8. The molecule has 1 aliphatic heterocycles. The summed E-state index contributed by atoms with van der Waals surface area (Å²) in [5.74, 6) is 0.951. The normalized spacial score (nSPS) is 14.3. The lowest BCUT2D eigenvalue weighted by molar-refractivity contribution is 0.501. The van der Waals surface area contributed by atoms with Crippen molar-refractivity contribution < 1.29 is 0 Å². The van der Waals surface area contributed by atoms with Gasteiger partial charge in [0.2, 0.25) is 0 Å². The van der Waals surface area contributed by atoms with Crippen LogP contribution < -0.4 is 5.56 Å². The Morgan fingerprint density at radius 1 is 1.19 bits per heavy atom. The van der Waals surface area contributed by atoms with E-state index in [1.807, 2.05) is 4.57 Å². The van der Waals surface area contributed by atoms with Gasteiger partial charge in [0.05, 0.1) is 5.52 Å². The predicted molar refractivity (Wildman–Crippen MR) is 87.0 cm³/mol. The van der Waals surface area contributed by atoms with Crippen molar-refractivity contribution in [2.24, 2.45) is 0 Å². The van der Waals surface area contributed by atoms with Crippen LogP contribution in [0.25, 0.3) is 20.7 Å². The number of thiophene rings is 1. The standard InChI is InChI=1S/C17H16N2OS/c1-11-5-7-12(8-6-11)14-10-13-16(21-14)17(20)19-9-3-2-4-15(19)18-13/h5-8,10H,2-4,9H2,1H3. The SMILES string of the molecule is Cc1ccc(-c2cc3nc4n(c(=O)c3s2)CCCC4)cc1. The smallest absolute Gasteiger partial charge is 0.271 e. The van der Waals surface area contributed by atoms with E-state index in [-0.39, 0.29) is 5.56 Å². The molecule has 1 aromatic carbocycles. The molecular weight excluding hydrogens is 280 g/mol. The van der Waals surface area contributed by atoms with Gasteiger partial charge >= 0.3 is 0 Å². The zero-order valence-corrected chi connectivity index (χ0v) is 12.7. The third kappa shape index (κ3) is 2.10.